The molecular formula is C25H26N4O2. The lowest BCUT2D eigenvalue weighted by molar-refractivity contribution is -0.117. The van der Waals surface area contributed by atoms with Gasteiger partial charge in [-0.25, -0.2) is 9.67 Å². The van der Waals surface area contributed by atoms with Crippen molar-refractivity contribution in [2.24, 2.45) is 0 Å². The Balaban J connectivity index is 1.76. The van der Waals surface area contributed by atoms with E-state index in [-0.39, 0.29) is 18.0 Å². The van der Waals surface area contributed by atoms with Crippen LogP contribution in [-0.4, -0.2) is 20.3 Å². The number of aryl methyl sites for hydroxylation is 4. The smallest absolute Gasteiger partial charge is 0.280 e. The number of amides is 1. The van der Waals surface area contributed by atoms with Gasteiger partial charge in [0.15, 0.2) is 5.65 Å². The molecule has 4 aromatic rings. The number of benzene rings is 2. The Morgan fingerprint density at radius 3 is 2.35 bits per heavy atom. The van der Waals surface area contributed by atoms with Crippen molar-refractivity contribution in [1.82, 2.24) is 14.3 Å². The summed E-state index contributed by atoms with van der Waals surface area (Å²) in [6, 6.07) is 15.4. The fourth-order valence-electron chi connectivity index (χ4n) is 4.06. The predicted molar refractivity (Wildman–Crippen MR) is 124 cm³/mol. The molecule has 0 radical (unpaired) electrons. The number of hydrogen-bond donors (Lipinski definition) is 1. The summed E-state index contributed by atoms with van der Waals surface area (Å²) in [5.41, 5.74) is 6.15. The van der Waals surface area contributed by atoms with E-state index in [2.05, 4.69) is 17.2 Å². The summed E-state index contributed by atoms with van der Waals surface area (Å²) in [6.45, 7) is 8.05. The SMILES string of the molecule is CCc1ccc(-n2c(=O)c3cccnc3n2CC(=O)Nc2c(C)cc(C)cc2C)cc1. The van der Waals surface area contributed by atoms with Crippen LogP contribution in [0.1, 0.15) is 29.2 Å². The molecule has 0 bridgehead atoms. The minimum atomic E-state index is -0.212. The standard InChI is InChI=1S/C25H26N4O2/c1-5-19-8-10-20(11-9-19)29-25(31)21-7-6-12-26-24(21)28(29)15-22(30)27-23-17(3)13-16(2)14-18(23)4/h6-14H,5,15H2,1-4H3,(H,27,30). The molecule has 0 unspecified atom stereocenters. The molecule has 0 atom stereocenters. The lowest BCUT2D eigenvalue weighted by atomic mass is 10.1. The Hall–Kier alpha value is -3.67. The van der Waals surface area contributed by atoms with Gasteiger partial charge in [-0.3, -0.25) is 14.3 Å². The van der Waals surface area contributed by atoms with E-state index in [1.807, 2.05) is 57.2 Å². The number of fused-ring (bicyclic) bond motifs is 1. The van der Waals surface area contributed by atoms with Gasteiger partial charge in [0.25, 0.3) is 5.56 Å². The largest absolute Gasteiger partial charge is 0.324 e. The Labute approximate surface area is 181 Å². The zero-order valence-corrected chi connectivity index (χ0v) is 18.3. The van der Waals surface area contributed by atoms with Crippen molar-refractivity contribution in [2.75, 3.05) is 5.32 Å². The average molecular weight is 415 g/mol. The first kappa shape index (κ1) is 20.6. The number of rotatable bonds is 5. The highest BCUT2D eigenvalue weighted by Gasteiger charge is 2.18. The van der Waals surface area contributed by atoms with Crippen LogP contribution in [0.15, 0.2) is 59.5 Å². The molecule has 0 spiro atoms. The molecule has 2 aromatic heterocycles. The van der Waals surface area contributed by atoms with Crippen molar-refractivity contribution in [3.05, 3.63) is 87.3 Å². The molecule has 6 heteroatoms. The maximum absolute atomic E-state index is 13.2. The van der Waals surface area contributed by atoms with E-state index in [4.69, 9.17) is 0 Å². The fourth-order valence-corrected chi connectivity index (χ4v) is 4.06. The lowest BCUT2D eigenvalue weighted by Gasteiger charge is -2.15. The molecule has 0 fully saturated rings. The number of anilines is 1. The van der Waals surface area contributed by atoms with Crippen molar-refractivity contribution in [3.63, 3.8) is 0 Å². The summed E-state index contributed by atoms with van der Waals surface area (Å²) >= 11 is 0. The first-order chi connectivity index (χ1) is 14.9. The second-order valence-electron chi connectivity index (χ2n) is 7.89. The minimum Gasteiger partial charge on any atom is -0.324 e. The van der Waals surface area contributed by atoms with E-state index < -0.39 is 0 Å². The summed E-state index contributed by atoms with van der Waals surface area (Å²) in [5.74, 6) is -0.212. The molecule has 2 heterocycles. The van der Waals surface area contributed by atoms with E-state index >= 15 is 0 Å². The van der Waals surface area contributed by atoms with E-state index in [1.165, 1.54) is 10.2 Å². The lowest BCUT2D eigenvalue weighted by Crippen LogP contribution is -2.27. The van der Waals surface area contributed by atoms with Crippen LogP contribution in [0.25, 0.3) is 16.7 Å². The van der Waals surface area contributed by atoms with E-state index in [9.17, 15) is 9.59 Å². The molecule has 0 saturated carbocycles. The number of hydrogen-bond acceptors (Lipinski definition) is 3. The zero-order chi connectivity index (χ0) is 22.1. The summed E-state index contributed by atoms with van der Waals surface area (Å²) in [4.78, 5) is 30.6. The van der Waals surface area contributed by atoms with E-state index in [1.54, 1.807) is 23.0 Å². The number of carbonyl (C=O) groups is 1. The van der Waals surface area contributed by atoms with E-state index in [0.29, 0.717) is 16.7 Å². The van der Waals surface area contributed by atoms with Gasteiger partial charge in [0, 0.05) is 11.9 Å². The quantitative estimate of drug-likeness (QED) is 0.529. The van der Waals surface area contributed by atoms with Crippen LogP contribution < -0.4 is 10.9 Å². The van der Waals surface area contributed by atoms with Crippen molar-refractivity contribution < 1.29 is 4.79 Å². The Kier molecular flexibility index (Phi) is 5.46. The Morgan fingerprint density at radius 2 is 1.71 bits per heavy atom. The third-order valence-corrected chi connectivity index (χ3v) is 5.52. The van der Waals surface area contributed by atoms with Gasteiger partial charge in [-0.1, -0.05) is 36.8 Å². The van der Waals surface area contributed by atoms with Crippen LogP contribution in [0.2, 0.25) is 0 Å². The van der Waals surface area contributed by atoms with Crippen molar-refractivity contribution in [1.29, 1.82) is 0 Å². The first-order valence-electron chi connectivity index (χ1n) is 10.4. The third-order valence-electron chi connectivity index (χ3n) is 5.52. The van der Waals surface area contributed by atoms with E-state index in [0.717, 1.165) is 28.8 Å². The van der Waals surface area contributed by atoms with Crippen molar-refractivity contribution in [2.45, 2.75) is 40.7 Å². The van der Waals surface area contributed by atoms with Crippen LogP contribution >= 0.6 is 0 Å². The number of aromatic nitrogens is 3. The van der Waals surface area contributed by atoms with Gasteiger partial charge in [-0.15, -0.1) is 0 Å². The van der Waals surface area contributed by atoms with Gasteiger partial charge >= 0.3 is 0 Å². The fraction of sp³-hybridized carbons (Fsp3) is 0.240. The molecule has 31 heavy (non-hydrogen) atoms. The highest BCUT2D eigenvalue weighted by atomic mass is 16.2. The Morgan fingerprint density at radius 1 is 1.03 bits per heavy atom. The molecule has 0 aliphatic rings. The molecular weight excluding hydrogens is 388 g/mol. The van der Waals surface area contributed by atoms with Crippen LogP contribution in [0.4, 0.5) is 5.69 Å². The van der Waals surface area contributed by atoms with Gasteiger partial charge < -0.3 is 5.32 Å². The topological polar surface area (TPSA) is 68.9 Å². The molecule has 1 N–H and O–H groups in total. The van der Waals surface area contributed by atoms with Crippen LogP contribution in [0, 0.1) is 20.8 Å². The molecule has 0 saturated heterocycles. The monoisotopic (exact) mass is 414 g/mol. The maximum atomic E-state index is 13.2. The maximum Gasteiger partial charge on any atom is 0.280 e. The molecule has 4 rings (SSSR count). The minimum absolute atomic E-state index is 0.0297. The molecule has 6 nitrogen and oxygen atoms in total. The number of nitrogens with zero attached hydrogens (tertiary/aromatic N) is 3. The normalized spacial score (nSPS) is 11.1. The first-order valence-corrected chi connectivity index (χ1v) is 10.4. The van der Waals surface area contributed by atoms with Gasteiger partial charge in [-0.05, 0) is 68.1 Å². The van der Waals surface area contributed by atoms with Crippen LogP contribution in [0.5, 0.6) is 0 Å². The predicted octanol–water partition coefficient (Wildman–Crippen LogP) is 4.31. The summed E-state index contributed by atoms with van der Waals surface area (Å²) in [7, 11) is 0. The summed E-state index contributed by atoms with van der Waals surface area (Å²) < 4.78 is 3.18. The van der Waals surface area contributed by atoms with Crippen LogP contribution in [-0.2, 0) is 17.8 Å². The second kappa shape index (κ2) is 8.22. The average Bonchev–Trinajstić information content (AvgIpc) is 3.02. The molecule has 2 aromatic carbocycles. The molecule has 0 aliphatic heterocycles. The second-order valence-corrected chi connectivity index (χ2v) is 7.89. The van der Waals surface area contributed by atoms with Crippen molar-refractivity contribution >= 4 is 22.6 Å². The summed E-state index contributed by atoms with van der Waals surface area (Å²) in [5, 5.41) is 3.51. The van der Waals surface area contributed by atoms with Gasteiger partial charge in [0.05, 0.1) is 11.1 Å². The summed E-state index contributed by atoms with van der Waals surface area (Å²) in [6.07, 6.45) is 2.55. The zero-order valence-electron chi connectivity index (χ0n) is 18.3. The van der Waals surface area contributed by atoms with Crippen LogP contribution in [0.3, 0.4) is 0 Å². The van der Waals surface area contributed by atoms with Gasteiger partial charge in [-0.2, -0.15) is 0 Å². The third kappa shape index (κ3) is 3.89. The van der Waals surface area contributed by atoms with Crippen molar-refractivity contribution in [3.8, 4) is 5.69 Å². The number of pyridine rings is 1. The highest BCUT2D eigenvalue weighted by molar-refractivity contribution is 5.93. The molecule has 0 aliphatic carbocycles. The number of nitrogens with one attached hydrogen (secondary N) is 1. The highest BCUT2D eigenvalue weighted by Crippen LogP contribution is 2.22. The van der Waals surface area contributed by atoms with Gasteiger partial charge in [0.2, 0.25) is 5.91 Å². The van der Waals surface area contributed by atoms with Gasteiger partial charge in [0.1, 0.15) is 6.54 Å². The molecule has 1 amide bonds. The Bertz CT molecular complexity index is 1310. The number of carbonyl (C=O) groups excluding carboxylic acids is 1. The molecule has 158 valence electrons.